The van der Waals surface area contributed by atoms with Crippen LogP contribution in [0.1, 0.15) is 20.3 Å². The standard InChI is InChI=1S/C24H33IN6O2/c1-5-30(6-2)14-10-13-26-24-27-20-16-22(33-4)21(32-3)15-19(20)23(31(24)17-25)29-28-18-11-8-7-9-12-18/h7-9,11-12,15-16,28-29H,5-6,10,13-14,17H2,1-4H3. The average Bonchev–Trinajstić information content (AvgIpc) is 2.86. The SMILES string of the molecule is CCN(CC)CCCN=c1nc2cc(OC)c(OC)cc2c(NNc2ccccc2)n1CI. The Morgan fingerprint density at radius 3 is 2.36 bits per heavy atom. The molecule has 0 unspecified atom stereocenters. The Hall–Kier alpha value is -2.53. The molecule has 1 aromatic heterocycles. The molecule has 0 aliphatic carbocycles. The van der Waals surface area contributed by atoms with E-state index in [9.17, 15) is 0 Å². The van der Waals surface area contributed by atoms with E-state index in [1.807, 2.05) is 42.5 Å². The first-order chi connectivity index (χ1) is 16.1. The third kappa shape index (κ3) is 6.29. The number of fused-ring (bicyclic) bond motifs is 1. The number of ether oxygens (including phenoxy) is 2. The summed E-state index contributed by atoms with van der Waals surface area (Å²) in [7, 11) is 3.27. The minimum absolute atomic E-state index is 0.638. The summed E-state index contributed by atoms with van der Waals surface area (Å²) >= 11 is 2.34. The third-order valence-corrected chi connectivity index (χ3v) is 6.17. The molecule has 2 N–H and O–H groups in total. The zero-order valence-corrected chi connectivity index (χ0v) is 21.9. The van der Waals surface area contributed by atoms with E-state index in [1.165, 1.54) is 0 Å². The number of hydrogen-bond donors (Lipinski definition) is 2. The monoisotopic (exact) mass is 564 g/mol. The lowest BCUT2D eigenvalue weighted by atomic mass is 10.2. The van der Waals surface area contributed by atoms with Crippen LogP contribution in [0.3, 0.4) is 0 Å². The molecular formula is C24H33IN6O2. The highest BCUT2D eigenvalue weighted by atomic mass is 127. The second kappa shape index (κ2) is 12.6. The Morgan fingerprint density at radius 2 is 1.73 bits per heavy atom. The lowest BCUT2D eigenvalue weighted by Gasteiger charge is -2.19. The van der Waals surface area contributed by atoms with Crippen molar-refractivity contribution in [1.82, 2.24) is 14.5 Å². The number of hydrazine groups is 1. The molecule has 0 radical (unpaired) electrons. The predicted molar refractivity (Wildman–Crippen MR) is 143 cm³/mol. The van der Waals surface area contributed by atoms with E-state index in [1.54, 1.807) is 14.2 Å². The Kier molecular flexibility index (Phi) is 9.61. The molecule has 0 amide bonds. The Bertz CT molecular complexity index is 1100. The van der Waals surface area contributed by atoms with Crippen molar-refractivity contribution in [3.63, 3.8) is 0 Å². The molecule has 1 heterocycles. The summed E-state index contributed by atoms with van der Waals surface area (Å²) in [6.45, 7) is 8.23. The molecule has 2 aromatic carbocycles. The van der Waals surface area contributed by atoms with Crippen LogP contribution in [0.2, 0.25) is 0 Å². The minimum atomic E-state index is 0.638. The highest BCUT2D eigenvalue weighted by Gasteiger charge is 2.15. The molecule has 3 rings (SSSR count). The number of aromatic nitrogens is 2. The fourth-order valence-corrected chi connectivity index (χ4v) is 4.24. The first-order valence-electron chi connectivity index (χ1n) is 11.2. The van der Waals surface area contributed by atoms with E-state index in [0.29, 0.717) is 28.2 Å². The molecule has 0 bridgehead atoms. The Balaban J connectivity index is 2.05. The van der Waals surface area contributed by atoms with Gasteiger partial charge in [0.2, 0.25) is 5.62 Å². The van der Waals surface area contributed by atoms with Gasteiger partial charge in [0.1, 0.15) is 5.82 Å². The second-order valence-corrected chi connectivity index (χ2v) is 8.09. The lowest BCUT2D eigenvalue weighted by Crippen LogP contribution is -2.29. The van der Waals surface area contributed by atoms with Gasteiger partial charge in [0.25, 0.3) is 0 Å². The molecule has 0 spiro atoms. The van der Waals surface area contributed by atoms with Crippen molar-refractivity contribution < 1.29 is 9.47 Å². The van der Waals surface area contributed by atoms with E-state index in [2.05, 4.69) is 56.8 Å². The van der Waals surface area contributed by atoms with E-state index >= 15 is 0 Å². The highest BCUT2D eigenvalue weighted by molar-refractivity contribution is 14.1. The van der Waals surface area contributed by atoms with Gasteiger partial charge < -0.3 is 14.4 Å². The van der Waals surface area contributed by atoms with E-state index in [-0.39, 0.29) is 0 Å². The second-order valence-electron chi connectivity index (χ2n) is 7.41. The van der Waals surface area contributed by atoms with Crippen molar-refractivity contribution in [2.24, 2.45) is 4.99 Å². The predicted octanol–water partition coefficient (Wildman–Crippen LogP) is 4.52. The third-order valence-electron chi connectivity index (χ3n) is 5.49. The van der Waals surface area contributed by atoms with Crippen molar-refractivity contribution in [3.8, 4) is 11.5 Å². The van der Waals surface area contributed by atoms with Crippen molar-refractivity contribution in [2.45, 2.75) is 24.8 Å². The average molecular weight is 564 g/mol. The molecule has 178 valence electrons. The maximum absolute atomic E-state index is 5.55. The number of rotatable bonds is 12. The maximum Gasteiger partial charge on any atom is 0.227 e. The van der Waals surface area contributed by atoms with Crippen LogP contribution in [0.15, 0.2) is 47.5 Å². The summed E-state index contributed by atoms with van der Waals surface area (Å²) in [6.07, 6.45) is 0.986. The molecular weight excluding hydrogens is 531 g/mol. The number of nitrogens with one attached hydrogen (secondary N) is 2. The van der Waals surface area contributed by atoms with Crippen LogP contribution in [0.4, 0.5) is 11.5 Å². The summed E-state index contributed by atoms with van der Waals surface area (Å²) in [5, 5.41) is 0.912. The van der Waals surface area contributed by atoms with Crippen molar-refractivity contribution in [2.75, 3.05) is 51.3 Å². The van der Waals surface area contributed by atoms with Crippen LogP contribution < -0.4 is 25.9 Å². The summed E-state index contributed by atoms with van der Waals surface area (Å²) in [4.78, 5) is 12.1. The summed E-state index contributed by atoms with van der Waals surface area (Å²) in [5.41, 5.74) is 9.11. The van der Waals surface area contributed by atoms with Gasteiger partial charge in [-0.25, -0.2) is 4.98 Å². The molecule has 3 aromatic rings. The number of halogens is 1. The molecule has 0 atom stereocenters. The van der Waals surface area contributed by atoms with Gasteiger partial charge in [-0.1, -0.05) is 54.6 Å². The maximum atomic E-state index is 5.55. The van der Waals surface area contributed by atoms with Crippen LogP contribution in [0, 0.1) is 0 Å². The number of para-hydroxylation sites is 1. The highest BCUT2D eigenvalue weighted by Crippen LogP contribution is 2.34. The van der Waals surface area contributed by atoms with Crippen LogP contribution in [0.5, 0.6) is 11.5 Å². The normalized spacial score (nSPS) is 11.8. The fourth-order valence-electron chi connectivity index (χ4n) is 3.60. The van der Waals surface area contributed by atoms with Crippen LogP contribution >= 0.6 is 22.6 Å². The Morgan fingerprint density at radius 1 is 1.03 bits per heavy atom. The number of alkyl halides is 1. The van der Waals surface area contributed by atoms with Gasteiger partial charge in [-0.15, -0.1) is 0 Å². The molecule has 0 fully saturated rings. The van der Waals surface area contributed by atoms with E-state index < -0.39 is 0 Å². The summed E-state index contributed by atoms with van der Waals surface area (Å²) in [5.74, 6) is 2.15. The largest absolute Gasteiger partial charge is 0.493 e. The van der Waals surface area contributed by atoms with Crippen LogP contribution in [-0.4, -0.2) is 54.8 Å². The Labute approximate surface area is 209 Å². The van der Waals surface area contributed by atoms with Crippen molar-refractivity contribution >= 4 is 45.0 Å². The number of methoxy groups -OCH3 is 2. The number of nitrogens with zero attached hydrogens (tertiary/aromatic N) is 4. The zero-order valence-electron chi connectivity index (χ0n) is 19.8. The van der Waals surface area contributed by atoms with Gasteiger partial charge in [0.15, 0.2) is 11.5 Å². The van der Waals surface area contributed by atoms with E-state index in [4.69, 9.17) is 19.5 Å². The van der Waals surface area contributed by atoms with Gasteiger partial charge in [-0.3, -0.25) is 20.4 Å². The topological polar surface area (TPSA) is 75.9 Å². The quantitative estimate of drug-likeness (QED) is 0.146. The molecule has 0 aliphatic rings. The summed E-state index contributed by atoms with van der Waals surface area (Å²) in [6, 6.07) is 13.8. The van der Waals surface area contributed by atoms with Gasteiger partial charge in [-0.05, 0) is 44.3 Å². The van der Waals surface area contributed by atoms with Crippen molar-refractivity contribution in [3.05, 3.63) is 48.1 Å². The van der Waals surface area contributed by atoms with Gasteiger partial charge in [-0.2, -0.15) is 0 Å². The van der Waals surface area contributed by atoms with Crippen molar-refractivity contribution in [1.29, 1.82) is 0 Å². The summed E-state index contributed by atoms with van der Waals surface area (Å²) < 4.78 is 13.8. The molecule has 0 aliphatic heterocycles. The minimum Gasteiger partial charge on any atom is -0.493 e. The smallest absolute Gasteiger partial charge is 0.227 e. The molecule has 8 nitrogen and oxygen atoms in total. The molecule has 33 heavy (non-hydrogen) atoms. The first kappa shape index (κ1) is 25.1. The molecule has 0 saturated carbocycles. The van der Waals surface area contributed by atoms with Gasteiger partial charge in [0, 0.05) is 18.0 Å². The molecule has 9 heteroatoms. The fraction of sp³-hybridized carbons (Fsp3) is 0.417. The lowest BCUT2D eigenvalue weighted by molar-refractivity contribution is 0.301. The number of hydrogen-bond acceptors (Lipinski definition) is 7. The first-order valence-corrected chi connectivity index (χ1v) is 12.7. The van der Waals surface area contributed by atoms with E-state index in [0.717, 1.165) is 48.5 Å². The molecule has 0 saturated heterocycles. The zero-order chi connectivity index (χ0) is 23.6. The van der Waals surface area contributed by atoms with Crippen LogP contribution in [-0.2, 0) is 4.55 Å². The van der Waals surface area contributed by atoms with Crippen LogP contribution in [0.25, 0.3) is 10.9 Å². The number of benzene rings is 2. The number of anilines is 2. The van der Waals surface area contributed by atoms with Gasteiger partial charge in [0.05, 0.1) is 30.0 Å². The van der Waals surface area contributed by atoms with Gasteiger partial charge >= 0.3 is 0 Å².